The monoisotopic (exact) mass is 729 g/mol. The van der Waals surface area contributed by atoms with Crippen molar-refractivity contribution < 1.29 is 37.9 Å². The van der Waals surface area contributed by atoms with Crippen molar-refractivity contribution in [2.24, 2.45) is 10.4 Å². The summed E-state index contributed by atoms with van der Waals surface area (Å²) in [7, 11) is 0. The highest BCUT2D eigenvalue weighted by Crippen LogP contribution is 2.50. The highest BCUT2D eigenvalue weighted by Gasteiger charge is 2.54. The van der Waals surface area contributed by atoms with Gasteiger partial charge in [-0.05, 0) is 69.2 Å². The van der Waals surface area contributed by atoms with Crippen molar-refractivity contribution in [2.75, 3.05) is 64.6 Å². The fraction of sp³-hybridized carbons (Fsp3) is 0.550. The minimum Gasteiger partial charge on any atom is -0.508 e. The molecule has 2 aromatic carbocycles. The van der Waals surface area contributed by atoms with Crippen molar-refractivity contribution >= 4 is 22.3 Å². The van der Waals surface area contributed by atoms with Gasteiger partial charge in [-0.3, -0.25) is 9.88 Å². The molecular weight excluding hydrogens is 684 g/mol. The Labute approximate surface area is 307 Å². The van der Waals surface area contributed by atoms with E-state index >= 15 is 4.39 Å². The number of halogens is 2. The Morgan fingerprint density at radius 3 is 2.75 bits per heavy atom. The average Bonchev–Trinajstić information content (AvgIpc) is 3.74. The molecule has 6 aliphatic rings. The van der Waals surface area contributed by atoms with Crippen LogP contribution in [0.2, 0.25) is 0 Å². The number of nitrogens with zero attached hydrogens (tertiary/aromatic N) is 4. The van der Waals surface area contributed by atoms with Gasteiger partial charge >= 0.3 is 0 Å². The van der Waals surface area contributed by atoms with Crippen LogP contribution < -0.4 is 5.32 Å². The third-order valence-electron chi connectivity index (χ3n) is 12.2. The van der Waals surface area contributed by atoms with Crippen LogP contribution in [-0.4, -0.2) is 120 Å². The fourth-order valence-corrected chi connectivity index (χ4v) is 9.77. The average molecular weight is 730 g/mol. The number of nitrogens with one attached hydrogen (secondary N) is 1. The summed E-state index contributed by atoms with van der Waals surface area (Å²) in [6, 6.07) is 6.21. The number of hydrogen-bond acceptors (Lipinski definition) is 11. The zero-order valence-corrected chi connectivity index (χ0v) is 29.9. The number of aromatic nitrogens is 1. The standard InChI is InChI=1S/C40H45F2N5O6/c1-3-27-30(41)8-7-24-14-26(48)15-28(32(24)27)34-33(42)35-29(17-43-34)36(46-12-13-50-20-38(2,49)19-46)45-37(44-35)52-21-39-9-4-6-31(39)47(11-5-10-39)25-16-40(53-18-25)22-51-23-40/h1,7-8,14-15,17,25,31,37,44,48-49H,4-6,9-13,16,18-23H2,2H3/t25?,31?,37?,38-,39+/m0/s1. The largest absolute Gasteiger partial charge is 0.508 e. The molecule has 4 saturated heterocycles. The predicted molar refractivity (Wildman–Crippen MR) is 194 cm³/mol. The number of phenols is 1. The third-order valence-corrected chi connectivity index (χ3v) is 12.2. The van der Waals surface area contributed by atoms with Crippen LogP contribution >= 0.6 is 0 Å². The molecule has 0 radical (unpaired) electrons. The van der Waals surface area contributed by atoms with Gasteiger partial charge in [0.2, 0.25) is 6.35 Å². The summed E-state index contributed by atoms with van der Waals surface area (Å²) < 4.78 is 56.3. The van der Waals surface area contributed by atoms with Gasteiger partial charge < -0.3 is 39.4 Å². The van der Waals surface area contributed by atoms with Crippen LogP contribution in [0.5, 0.6) is 5.75 Å². The SMILES string of the molecule is C#Cc1c(F)ccc2cc(O)cc(-c3ncc4c(c3F)NC(OC[C@]35CCCC3N(C3COC6(COC6)C3)CCC5)N=C4N3CCOC[C@@](C)(O)C3)c12. The molecule has 3 N–H and O–H groups in total. The summed E-state index contributed by atoms with van der Waals surface area (Å²) in [6.45, 7) is 6.30. The van der Waals surface area contributed by atoms with E-state index in [1.165, 1.54) is 30.5 Å². The second-order valence-electron chi connectivity index (χ2n) is 16.1. The number of fused-ring (bicyclic) bond motifs is 3. The summed E-state index contributed by atoms with van der Waals surface area (Å²) in [5, 5.41) is 25.7. The number of β-amino-alcohol motifs (C(OH)–C–C–N with tert-alkyl or cyclic N) is 1. The van der Waals surface area contributed by atoms with Crippen molar-refractivity contribution in [1.29, 1.82) is 0 Å². The topological polar surface area (TPSA) is 121 Å². The molecule has 1 saturated carbocycles. The molecule has 3 aromatic rings. The van der Waals surface area contributed by atoms with Gasteiger partial charge in [-0.25, -0.2) is 13.8 Å². The smallest absolute Gasteiger partial charge is 0.227 e. The van der Waals surface area contributed by atoms with E-state index in [4.69, 9.17) is 30.4 Å². The first-order chi connectivity index (χ1) is 25.6. The van der Waals surface area contributed by atoms with Crippen LogP contribution in [0.1, 0.15) is 56.6 Å². The van der Waals surface area contributed by atoms with E-state index in [1.807, 2.05) is 4.90 Å². The number of ether oxygens (including phenoxy) is 4. The van der Waals surface area contributed by atoms with Gasteiger partial charge in [0.25, 0.3) is 0 Å². The molecule has 3 unspecified atom stereocenters. The number of anilines is 1. The quantitative estimate of drug-likeness (QED) is 0.321. The van der Waals surface area contributed by atoms with Gasteiger partial charge in [-0.2, -0.15) is 0 Å². The molecule has 9 rings (SSSR count). The fourth-order valence-electron chi connectivity index (χ4n) is 9.77. The highest BCUT2D eigenvalue weighted by atomic mass is 19.1. The number of aromatic hydroxyl groups is 1. The maximum absolute atomic E-state index is 17.1. The number of aliphatic hydroxyl groups is 1. The minimum absolute atomic E-state index is 0.0492. The molecule has 13 heteroatoms. The number of pyridine rings is 1. The first kappa shape index (κ1) is 34.8. The molecule has 280 valence electrons. The van der Waals surface area contributed by atoms with Crippen molar-refractivity contribution in [2.45, 2.75) is 75.1 Å². The van der Waals surface area contributed by atoms with Gasteiger partial charge in [0.05, 0.1) is 63.0 Å². The number of rotatable bonds is 5. The Morgan fingerprint density at radius 1 is 1.11 bits per heavy atom. The second-order valence-corrected chi connectivity index (χ2v) is 16.1. The summed E-state index contributed by atoms with van der Waals surface area (Å²) >= 11 is 0. The molecule has 0 bridgehead atoms. The van der Waals surface area contributed by atoms with Crippen LogP contribution in [0, 0.1) is 29.4 Å². The van der Waals surface area contributed by atoms with E-state index in [2.05, 4.69) is 21.1 Å². The molecular formula is C40H45F2N5O6. The molecule has 11 nitrogen and oxygen atoms in total. The summed E-state index contributed by atoms with van der Waals surface area (Å²) in [5.41, 5.74) is -0.920. The van der Waals surface area contributed by atoms with Gasteiger partial charge in [0, 0.05) is 41.2 Å². The van der Waals surface area contributed by atoms with Crippen LogP contribution in [-0.2, 0) is 18.9 Å². The van der Waals surface area contributed by atoms with E-state index in [1.54, 1.807) is 6.92 Å². The number of amidine groups is 1. The lowest BCUT2D eigenvalue weighted by Crippen LogP contribution is -2.56. The maximum atomic E-state index is 17.1. The lowest BCUT2D eigenvalue weighted by Gasteiger charge is -2.49. The van der Waals surface area contributed by atoms with Crippen molar-refractivity contribution in [3.8, 4) is 29.4 Å². The van der Waals surface area contributed by atoms with Crippen LogP contribution in [0.25, 0.3) is 22.0 Å². The third kappa shape index (κ3) is 6.04. The van der Waals surface area contributed by atoms with Crippen molar-refractivity contribution in [1.82, 2.24) is 14.8 Å². The molecule has 5 fully saturated rings. The summed E-state index contributed by atoms with van der Waals surface area (Å²) in [6.07, 6.45) is 12.6. The lowest BCUT2D eigenvalue weighted by atomic mass is 9.74. The normalized spacial score (nSPS) is 31.0. The molecule has 0 amide bonds. The minimum atomic E-state index is -1.18. The Bertz CT molecular complexity index is 2020. The number of phenolic OH excluding ortho intramolecular Hbond substituents is 1. The first-order valence-corrected chi connectivity index (χ1v) is 18.7. The molecule has 6 heterocycles. The van der Waals surface area contributed by atoms with Gasteiger partial charge in [-0.1, -0.05) is 18.4 Å². The Morgan fingerprint density at radius 2 is 1.96 bits per heavy atom. The van der Waals surface area contributed by atoms with E-state index in [0.29, 0.717) is 68.4 Å². The number of likely N-dealkylation sites (tertiary alicyclic amines) is 1. The number of hydrogen-bond donors (Lipinski definition) is 3. The van der Waals surface area contributed by atoms with Crippen LogP contribution in [0.3, 0.4) is 0 Å². The molecule has 1 aromatic heterocycles. The van der Waals surface area contributed by atoms with E-state index < -0.39 is 23.6 Å². The first-order valence-electron chi connectivity index (χ1n) is 18.7. The van der Waals surface area contributed by atoms with Gasteiger partial charge in [0.15, 0.2) is 5.82 Å². The molecule has 53 heavy (non-hydrogen) atoms. The zero-order valence-electron chi connectivity index (χ0n) is 29.9. The Hall–Kier alpha value is -3.90. The molecule has 5 atom stereocenters. The summed E-state index contributed by atoms with van der Waals surface area (Å²) in [4.78, 5) is 14.1. The molecule has 1 spiro atoms. The number of aliphatic imine (C=N–C) groups is 1. The zero-order chi connectivity index (χ0) is 36.5. The number of terminal acetylenes is 1. The molecule has 1 aliphatic carbocycles. The second kappa shape index (κ2) is 13.1. The van der Waals surface area contributed by atoms with E-state index in [0.717, 1.165) is 45.1 Å². The van der Waals surface area contributed by atoms with E-state index in [9.17, 15) is 14.6 Å². The predicted octanol–water partition coefficient (Wildman–Crippen LogP) is 4.62. The van der Waals surface area contributed by atoms with Crippen molar-refractivity contribution in [3.05, 3.63) is 53.2 Å². The highest BCUT2D eigenvalue weighted by molar-refractivity contribution is 6.06. The van der Waals surface area contributed by atoms with E-state index in [-0.39, 0.29) is 57.8 Å². The Kier molecular flexibility index (Phi) is 8.64. The lowest BCUT2D eigenvalue weighted by molar-refractivity contribution is -0.184. The Balaban J connectivity index is 1.07. The van der Waals surface area contributed by atoms with Gasteiger partial charge in [-0.15, -0.1) is 6.42 Å². The van der Waals surface area contributed by atoms with Crippen LogP contribution in [0.15, 0.2) is 35.5 Å². The maximum Gasteiger partial charge on any atom is 0.227 e. The number of benzene rings is 2. The molecule has 5 aliphatic heterocycles. The van der Waals surface area contributed by atoms with Crippen molar-refractivity contribution in [3.63, 3.8) is 0 Å². The number of piperidine rings is 1. The van der Waals surface area contributed by atoms with Gasteiger partial charge in [0.1, 0.15) is 34.3 Å². The summed E-state index contributed by atoms with van der Waals surface area (Å²) in [5.74, 6) is 1.32. The van der Waals surface area contributed by atoms with Crippen LogP contribution in [0.4, 0.5) is 14.5 Å².